The first-order chi connectivity index (χ1) is 14.9. The average Bonchev–Trinajstić information content (AvgIpc) is 2.74. The molecule has 0 fully saturated rings. The largest absolute Gasteiger partial charge is 0.356 e. The maximum absolute atomic E-state index is 12.2. The van der Waals surface area contributed by atoms with Gasteiger partial charge >= 0.3 is 0 Å². The van der Waals surface area contributed by atoms with Crippen LogP contribution in [0.2, 0.25) is 0 Å². The molecule has 172 valence electrons. The minimum absolute atomic E-state index is 0.0342. The number of rotatable bonds is 6. The molecule has 0 aliphatic carbocycles. The van der Waals surface area contributed by atoms with Crippen LogP contribution < -0.4 is 10.6 Å². The van der Waals surface area contributed by atoms with E-state index in [4.69, 9.17) is 0 Å². The molecule has 0 heterocycles. The third kappa shape index (κ3) is 22.0. The summed E-state index contributed by atoms with van der Waals surface area (Å²) in [7, 11) is 0. The molecule has 0 spiro atoms. The fourth-order valence-electron chi connectivity index (χ4n) is 2.05. The van der Waals surface area contributed by atoms with Crippen LogP contribution in [0.1, 0.15) is 38.3 Å². The molecule has 0 aromatic heterocycles. The van der Waals surface area contributed by atoms with Crippen molar-refractivity contribution in [3.8, 4) is 12.8 Å². The van der Waals surface area contributed by atoms with Crippen LogP contribution in [-0.4, -0.2) is 19.0 Å². The lowest BCUT2D eigenvalue weighted by molar-refractivity contribution is -0.118. The van der Waals surface area contributed by atoms with Gasteiger partial charge in [-0.3, -0.25) is 4.79 Å². The van der Waals surface area contributed by atoms with E-state index in [2.05, 4.69) is 64.7 Å². The summed E-state index contributed by atoms with van der Waals surface area (Å²) in [6, 6.07) is 11.6. The van der Waals surface area contributed by atoms with E-state index in [-0.39, 0.29) is 5.91 Å². The molecule has 31 heavy (non-hydrogen) atoms. The van der Waals surface area contributed by atoms with E-state index in [0.29, 0.717) is 5.56 Å². The van der Waals surface area contributed by atoms with Gasteiger partial charge in [0.15, 0.2) is 0 Å². The Labute approximate surface area is 195 Å². The van der Waals surface area contributed by atoms with Crippen molar-refractivity contribution in [3.05, 3.63) is 82.9 Å². The second-order valence-electron chi connectivity index (χ2n) is 5.59. The number of carbonyl (C=O) groups is 1. The molecule has 0 bridgehead atoms. The van der Waals surface area contributed by atoms with Crippen molar-refractivity contribution < 1.29 is 13.6 Å². The summed E-state index contributed by atoms with van der Waals surface area (Å²) in [5.41, 5.74) is 1.86. The third-order valence-corrected chi connectivity index (χ3v) is 3.62. The van der Waals surface area contributed by atoms with Crippen LogP contribution in [0, 0.1) is 31.4 Å². The number of carbonyl (C=O) groups excluding carboxylic acids is 1. The Morgan fingerprint density at radius 3 is 2.03 bits per heavy atom. The van der Waals surface area contributed by atoms with Gasteiger partial charge in [0.1, 0.15) is 11.6 Å². The lowest BCUT2D eigenvalue weighted by Gasteiger charge is -2.05. The van der Waals surface area contributed by atoms with E-state index in [1.807, 2.05) is 26.0 Å². The molecule has 1 amide bonds. The minimum Gasteiger partial charge on any atom is -0.356 e. The quantitative estimate of drug-likeness (QED) is 0.275. The van der Waals surface area contributed by atoms with Crippen molar-refractivity contribution in [2.45, 2.75) is 40.7 Å². The van der Waals surface area contributed by atoms with Crippen LogP contribution in [0.3, 0.4) is 0 Å². The zero-order valence-corrected chi connectivity index (χ0v) is 20.6. The van der Waals surface area contributed by atoms with Crippen molar-refractivity contribution >= 4 is 21.8 Å². The van der Waals surface area contributed by atoms with Crippen molar-refractivity contribution in [1.29, 1.82) is 0 Å². The second kappa shape index (κ2) is 23.8. The summed E-state index contributed by atoms with van der Waals surface area (Å²) < 4.78 is 25.5. The predicted molar refractivity (Wildman–Crippen MR) is 133 cm³/mol. The molecule has 2 N–H and O–H groups in total. The SMILES string of the molecule is C#C.C=C.CC.CC(=O)NCCCNCc1cccc(Br)c1.Cc1cc(F)cc(F)c1. The predicted octanol–water partition coefficient (Wildman–Crippen LogP) is 6.42. The molecule has 2 rings (SSSR count). The van der Waals surface area contributed by atoms with Gasteiger partial charge in [-0.05, 0) is 55.3 Å². The van der Waals surface area contributed by atoms with Crippen LogP contribution in [0.25, 0.3) is 0 Å². The highest BCUT2D eigenvalue weighted by atomic mass is 79.9. The molecule has 0 saturated heterocycles. The zero-order valence-electron chi connectivity index (χ0n) is 19.0. The fraction of sp³-hybridized carbons (Fsp3) is 0.320. The summed E-state index contributed by atoms with van der Waals surface area (Å²) in [6.45, 7) is 15.7. The normalized spacial score (nSPS) is 8.42. The maximum atomic E-state index is 12.2. The first-order valence-electron chi connectivity index (χ1n) is 9.82. The number of aryl methyl sites for hydroxylation is 1. The molecule has 0 radical (unpaired) electrons. The van der Waals surface area contributed by atoms with E-state index in [1.165, 1.54) is 24.6 Å². The molecule has 0 aliphatic heterocycles. The number of hydrogen-bond donors (Lipinski definition) is 2. The Kier molecular flexibility index (Phi) is 25.4. The van der Waals surface area contributed by atoms with Crippen molar-refractivity contribution in [1.82, 2.24) is 10.6 Å². The molecule has 0 saturated carbocycles. The number of benzene rings is 2. The summed E-state index contributed by atoms with van der Waals surface area (Å²) in [4.78, 5) is 10.6. The van der Waals surface area contributed by atoms with Crippen LogP contribution >= 0.6 is 15.9 Å². The van der Waals surface area contributed by atoms with E-state index >= 15 is 0 Å². The number of hydrogen-bond acceptors (Lipinski definition) is 2. The van der Waals surface area contributed by atoms with Gasteiger partial charge in [-0.1, -0.05) is 41.9 Å². The fourth-order valence-corrected chi connectivity index (χ4v) is 2.50. The van der Waals surface area contributed by atoms with Gasteiger partial charge in [0.25, 0.3) is 0 Å². The van der Waals surface area contributed by atoms with Gasteiger partial charge in [-0.25, -0.2) is 8.78 Å². The van der Waals surface area contributed by atoms with E-state index in [9.17, 15) is 13.6 Å². The first-order valence-corrected chi connectivity index (χ1v) is 10.6. The van der Waals surface area contributed by atoms with Gasteiger partial charge in [-0.15, -0.1) is 26.0 Å². The van der Waals surface area contributed by atoms with Crippen molar-refractivity contribution in [2.75, 3.05) is 13.1 Å². The van der Waals surface area contributed by atoms with Crippen LogP contribution in [0.15, 0.2) is 60.1 Å². The molecular formula is C25H35BrF2N2O. The second-order valence-corrected chi connectivity index (χ2v) is 6.51. The lowest BCUT2D eigenvalue weighted by Crippen LogP contribution is -2.24. The summed E-state index contributed by atoms with van der Waals surface area (Å²) in [5, 5.41) is 6.10. The van der Waals surface area contributed by atoms with Crippen LogP contribution in [0.4, 0.5) is 8.78 Å². The van der Waals surface area contributed by atoms with Gasteiger partial charge in [0.2, 0.25) is 5.91 Å². The number of nitrogens with one attached hydrogen (secondary N) is 2. The topological polar surface area (TPSA) is 41.1 Å². The smallest absolute Gasteiger partial charge is 0.216 e. The van der Waals surface area contributed by atoms with E-state index < -0.39 is 11.6 Å². The molecule has 6 heteroatoms. The van der Waals surface area contributed by atoms with Crippen molar-refractivity contribution in [2.24, 2.45) is 0 Å². The first kappa shape index (κ1) is 33.2. The number of halogens is 3. The Morgan fingerprint density at radius 2 is 1.58 bits per heavy atom. The highest BCUT2D eigenvalue weighted by Gasteiger charge is 1.95. The highest BCUT2D eigenvalue weighted by Crippen LogP contribution is 2.11. The van der Waals surface area contributed by atoms with E-state index in [1.54, 1.807) is 6.92 Å². The van der Waals surface area contributed by atoms with Crippen LogP contribution in [-0.2, 0) is 11.3 Å². The average molecular weight is 497 g/mol. The van der Waals surface area contributed by atoms with E-state index in [0.717, 1.165) is 36.6 Å². The summed E-state index contributed by atoms with van der Waals surface area (Å²) in [6.07, 6.45) is 8.95. The maximum Gasteiger partial charge on any atom is 0.216 e. The molecule has 0 unspecified atom stereocenters. The number of terminal acetylenes is 1. The molecular weight excluding hydrogens is 462 g/mol. The zero-order chi connectivity index (χ0) is 24.7. The minimum atomic E-state index is -0.521. The summed E-state index contributed by atoms with van der Waals surface area (Å²) >= 11 is 3.44. The Morgan fingerprint density at radius 1 is 1.03 bits per heavy atom. The summed E-state index contributed by atoms with van der Waals surface area (Å²) in [5.74, 6) is -1.01. The molecule has 2 aromatic rings. The van der Waals surface area contributed by atoms with Gasteiger partial charge in [-0.2, -0.15) is 0 Å². The Hall–Kier alpha value is -2.49. The van der Waals surface area contributed by atoms with Gasteiger partial charge in [0.05, 0.1) is 0 Å². The molecule has 0 aliphatic rings. The van der Waals surface area contributed by atoms with Gasteiger partial charge in [0, 0.05) is 30.6 Å². The Balaban J connectivity index is -0.000000442. The van der Waals surface area contributed by atoms with Gasteiger partial charge < -0.3 is 10.6 Å². The standard InChI is InChI=1S/C12H17BrN2O.C7H6F2.C2H6.C2H4.C2H2/c1-10(16)15-7-3-6-14-9-11-4-2-5-12(13)8-11;1-5-2-6(8)4-7(9)3-5;3*1-2/h2,4-5,8,14H,3,6-7,9H2,1H3,(H,15,16);2-4H,1H3;1-2H3;1-2H2;1-2H. The third-order valence-electron chi connectivity index (χ3n) is 3.13. The monoisotopic (exact) mass is 496 g/mol. The number of amides is 1. The highest BCUT2D eigenvalue weighted by molar-refractivity contribution is 9.10. The van der Waals surface area contributed by atoms with Crippen LogP contribution in [0.5, 0.6) is 0 Å². The van der Waals surface area contributed by atoms with Crippen molar-refractivity contribution in [3.63, 3.8) is 0 Å². The molecule has 2 aromatic carbocycles. The molecule has 0 atom stereocenters. The lowest BCUT2D eigenvalue weighted by atomic mass is 10.2. The molecule has 3 nitrogen and oxygen atoms in total. The Bertz CT molecular complexity index is 686.